The van der Waals surface area contributed by atoms with Crippen LogP contribution in [-0.4, -0.2) is 36.6 Å². The summed E-state index contributed by atoms with van der Waals surface area (Å²) >= 11 is 0. The highest BCUT2D eigenvalue weighted by Crippen LogP contribution is 1.98. The SMILES string of the molecule is COC(=O)c1cc(=O)cc(C(=O)OC)[nH]1.O. The van der Waals surface area contributed by atoms with E-state index < -0.39 is 17.4 Å². The van der Waals surface area contributed by atoms with Crippen LogP contribution in [0.4, 0.5) is 0 Å². The predicted molar refractivity (Wildman–Crippen MR) is 53.4 cm³/mol. The van der Waals surface area contributed by atoms with Gasteiger partial charge in [-0.2, -0.15) is 0 Å². The summed E-state index contributed by atoms with van der Waals surface area (Å²) in [4.78, 5) is 35.7. The molecule has 0 amide bonds. The Morgan fingerprint density at radius 3 is 1.75 bits per heavy atom. The molecule has 0 fully saturated rings. The largest absolute Gasteiger partial charge is 0.464 e. The molecule has 1 heterocycles. The van der Waals surface area contributed by atoms with Gasteiger partial charge < -0.3 is 19.9 Å². The van der Waals surface area contributed by atoms with Crippen molar-refractivity contribution in [1.82, 2.24) is 4.98 Å². The molecule has 0 saturated heterocycles. The van der Waals surface area contributed by atoms with Gasteiger partial charge in [0, 0.05) is 12.1 Å². The topological polar surface area (TPSA) is 117 Å². The van der Waals surface area contributed by atoms with Crippen LogP contribution in [0.3, 0.4) is 0 Å². The van der Waals surface area contributed by atoms with E-state index in [1.165, 1.54) is 14.2 Å². The molecule has 1 rings (SSSR count). The van der Waals surface area contributed by atoms with E-state index in [1.54, 1.807) is 0 Å². The van der Waals surface area contributed by atoms with Crippen molar-refractivity contribution in [2.24, 2.45) is 0 Å². The fraction of sp³-hybridized carbons (Fsp3) is 0.222. The summed E-state index contributed by atoms with van der Waals surface area (Å²) in [5.74, 6) is -1.45. The molecule has 0 aliphatic rings. The number of carbonyl (C=O) groups excluding carboxylic acids is 2. The lowest BCUT2D eigenvalue weighted by Crippen LogP contribution is -2.16. The third kappa shape index (κ3) is 2.92. The molecule has 0 saturated carbocycles. The summed E-state index contributed by atoms with van der Waals surface area (Å²) in [6.07, 6.45) is 0. The Labute approximate surface area is 90.3 Å². The highest BCUT2D eigenvalue weighted by atomic mass is 16.5. The number of aromatic amines is 1. The lowest BCUT2D eigenvalue weighted by atomic mass is 10.3. The van der Waals surface area contributed by atoms with Crippen LogP contribution in [0.15, 0.2) is 16.9 Å². The van der Waals surface area contributed by atoms with Crippen LogP contribution in [0.2, 0.25) is 0 Å². The second-order valence-corrected chi connectivity index (χ2v) is 2.63. The molecule has 7 heteroatoms. The molecule has 16 heavy (non-hydrogen) atoms. The number of carbonyl (C=O) groups is 2. The first kappa shape index (κ1) is 13.8. The molecule has 0 aliphatic heterocycles. The molecule has 0 aromatic carbocycles. The zero-order chi connectivity index (χ0) is 11.4. The van der Waals surface area contributed by atoms with Crippen LogP contribution in [-0.2, 0) is 9.47 Å². The lowest BCUT2D eigenvalue weighted by molar-refractivity contribution is 0.0585. The summed E-state index contributed by atoms with van der Waals surface area (Å²) in [6, 6.07) is 2.08. The van der Waals surface area contributed by atoms with E-state index in [1.807, 2.05) is 0 Å². The van der Waals surface area contributed by atoms with Crippen LogP contribution in [0.25, 0.3) is 0 Å². The van der Waals surface area contributed by atoms with Crippen molar-refractivity contribution >= 4 is 11.9 Å². The number of ether oxygens (including phenoxy) is 2. The molecular weight excluding hydrogens is 218 g/mol. The van der Waals surface area contributed by atoms with Crippen molar-refractivity contribution < 1.29 is 24.5 Å². The Kier molecular flexibility index (Phi) is 4.90. The van der Waals surface area contributed by atoms with E-state index in [0.29, 0.717) is 0 Å². The van der Waals surface area contributed by atoms with Gasteiger partial charge in [0.1, 0.15) is 11.4 Å². The zero-order valence-electron chi connectivity index (χ0n) is 8.70. The third-order valence-corrected chi connectivity index (χ3v) is 1.65. The molecule has 1 aromatic heterocycles. The summed E-state index contributed by atoms with van der Waals surface area (Å²) in [7, 11) is 2.34. The van der Waals surface area contributed by atoms with Crippen LogP contribution in [0, 0.1) is 0 Å². The Bertz CT molecular complexity index is 412. The second-order valence-electron chi connectivity index (χ2n) is 2.63. The second kappa shape index (κ2) is 5.66. The normalized spacial score (nSPS) is 8.88. The van der Waals surface area contributed by atoms with E-state index in [2.05, 4.69) is 14.5 Å². The lowest BCUT2D eigenvalue weighted by Gasteiger charge is -2.02. The number of hydrogen-bond donors (Lipinski definition) is 1. The molecular formula is C9H11NO6. The number of rotatable bonds is 2. The van der Waals surface area contributed by atoms with Gasteiger partial charge in [0.15, 0.2) is 5.43 Å². The number of aromatic nitrogens is 1. The summed E-state index contributed by atoms with van der Waals surface area (Å²) in [5.41, 5.74) is -0.662. The predicted octanol–water partition coefficient (Wildman–Crippen LogP) is -0.877. The van der Waals surface area contributed by atoms with Crippen LogP contribution < -0.4 is 5.43 Å². The van der Waals surface area contributed by atoms with Gasteiger partial charge >= 0.3 is 11.9 Å². The number of H-pyrrole nitrogens is 1. The number of esters is 2. The Morgan fingerprint density at radius 2 is 1.44 bits per heavy atom. The van der Waals surface area contributed by atoms with E-state index in [4.69, 9.17) is 0 Å². The monoisotopic (exact) mass is 229 g/mol. The molecule has 0 spiro atoms. The van der Waals surface area contributed by atoms with Gasteiger partial charge in [-0.3, -0.25) is 4.79 Å². The Balaban J connectivity index is 0.00000225. The summed E-state index contributed by atoms with van der Waals surface area (Å²) in [5, 5.41) is 0. The summed E-state index contributed by atoms with van der Waals surface area (Å²) < 4.78 is 8.80. The van der Waals surface area contributed by atoms with Crippen molar-refractivity contribution in [1.29, 1.82) is 0 Å². The van der Waals surface area contributed by atoms with Gasteiger partial charge in [-0.25, -0.2) is 9.59 Å². The average molecular weight is 229 g/mol. The van der Waals surface area contributed by atoms with Gasteiger partial charge in [0.2, 0.25) is 0 Å². The van der Waals surface area contributed by atoms with E-state index >= 15 is 0 Å². The fourth-order valence-corrected chi connectivity index (χ4v) is 0.983. The van der Waals surface area contributed by atoms with Gasteiger partial charge in [0.25, 0.3) is 0 Å². The van der Waals surface area contributed by atoms with Crippen LogP contribution in [0.5, 0.6) is 0 Å². The molecule has 7 nitrogen and oxygen atoms in total. The summed E-state index contributed by atoms with van der Waals surface area (Å²) in [6.45, 7) is 0. The minimum Gasteiger partial charge on any atom is -0.464 e. The first-order valence-corrected chi connectivity index (χ1v) is 3.99. The smallest absolute Gasteiger partial charge is 0.354 e. The fourth-order valence-electron chi connectivity index (χ4n) is 0.983. The Hall–Kier alpha value is -2.15. The van der Waals surface area contributed by atoms with Crippen LogP contribution >= 0.6 is 0 Å². The van der Waals surface area contributed by atoms with Gasteiger partial charge in [-0.1, -0.05) is 0 Å². The maximum atomic E-state index is 11.1. The van der Waals surface area contributed by atoms with Gasteiger partial charge in [-0.15, -0.1) is 0 Å². The maximum absolute atomic E-state index is 11.1. The minimum absolute atomic E-state index is 0. The van der Waals surface area contributed by atoms with Crippen molar-refractivity contribution in [3.8, 4) is 0 Å². The Morgan fingerprint density at radius 1 is 1.06 bits per heavy atom. The quantitative estimate of drug-likeness (QED) is 0.661. The first-order valence-electron chi connectivity index (χ1n) is 3.99. The highest BCUT2D eigenvalue weighted by Gasteiger charge is 2.12. The van der Waals surface area contributed by atoms with Crippen molar-refractivity contribution in [3.05, 3.63) is 33.7 Å². The average Bonchev–Trinajstić information content (AvgIpc) is 2.26. The van der Waals surface area contributed by atoms with Crippen molar-refractivity contribution in [2.75, 3.05) is 14.2 Å². The molecule has 0 aliphatic carbocycles. The molecule has 3 N–H and O–H groups in total. The van der Waals surface area contributed by atoms with E-state index in [0.717, 1.165) is 12.1 Å². The number of pyridine rings is 1. The standard InChI is InChI=1S/C9H9NO5.H2O/c1-14-8(12)6-3-5(11)4-7(10-6)9(13)15-2;/h3-4H,1-2H3,(H,10,11);1H2. The number of methoxy groups -OCH3 is 2. The first-order chi connectivity index (χ1) is 7.08. The highest BCUT2D eigenvalue weighted by molar-refractivity contribution is 5.91. The minimum atomic E-state index is -0.724. The molecule has 1 aromatic rings. The molecule has 88 valence electrons. The van der Waals surface area contributed by atoms with Crippen molar-refractivity contribution in [2.45, 2.75) is 0 Å². The van der Waals surface area contributed by atoms with Gasteiger partial charge in [-0.05, 0) is 0 Å². The zero-order valence-corrected chi connectivity index (χ0v) is 8.70. The number of nitrogens with one attached hydrogen (secondary N) is 1. The van der Waals surface area contributed by atoms with Crippen LogP contribution in [0.1, 0.15) is 21.0 Å². The molecule has 0 unspecified atom stereocenters. The van der Waals surface area contributed by atoms with E-state index in [-0.39, 0.29) is 16.9 Å². The van der Waals surface area contributed by atoms with Crippen molar-refractivity contribution in [3.63, 3.8) is 0 Å². The molecule has 0 atom stereocenters. The van der Waals surface area contributed by atoms with E-state index in [9.17, 15) is 14.4 Å². The van der Waals surface area contributed by atoms with Gasteiger partial charge in [0.05, 0.1) is 14.2 Å². The number of hydrogen-bond acceptors (Lipinski definition) is 5. The molecule has 0 bridgehead atoms. The maximum Gasteiger partial charge on any atom is 0.354 e. The molecule has 0 radical (unpaired) electrons. The third-order valence-electron chi connectivity index (χ3n) is 1.65.